The van der Waals surface area contributed by atoms with Gasteiger partial charge in [0.25, 0.3) is 0 Å². The van der Waals surface area contributed by atoms with Crippen LogP contribution in [0, 0.1) is 0 Å². The number of nitrogens with one attached hydrogen (secondary N) is 2. The summed E-state index contributed by atoms with van der Waals surface area (Å²) in [5.41, 5.74) is 0. The highest BCUT2D eigenvalue weighted by molar-refractivity contribution is 14.0. The van der Waals surface area contributed by atoms with E-state index in [4.69, 9.17) is 4.74 Å². The topological polar surface area (TPSA) is 48.9 Å². The summed E-state index contributed by atoms with van der Waals surface area (Å²) in [4.78, 5) is 6.00. The normalized spacial score (nSPS) is 12.2. The summed E-state index contributed by atoms with van der Waals surface area (Å²) in [7, 11) is 5.19. The third-order valence-corrected chi connectivity index (χ3v) is 2.61. The van der Waals surface area contributed by atoms with E-state index < -0.39 is 12.6 Å². The van der Waals surface area contributed by atoms with E-state index >= 15 is 0 Å². The lowest BCUT2D eigenvalue weighted by Crippen LogP contribution is -2.40. The summed E-state index contributed by atoms with van der Waals surface area (Å²) in [5, 5.41) is 5.61. The predicted molar refractivity (Wildman–Crippen MR) is 89.4 cm³/mol. The number of guanidine groups is 1. The molecule has 9 heteroatoms. The number of ether oxygens (including phenoxy) is 1. The fraction of sp³-hybridized carbons (Fsp3) is 0.917. The van der Waals surface area contributed by atoms with Crippen molar-refractivity contribution in [3.8, 4) is 0 Å². The zero-order valence-corrected chi connectivity index (χ0v) is 15.1. The van der Waals surface area contributed by atoms with Gasteiger partial charge in [0.1, 0.15) is 0 Å². The van der Waals surface area contributed by atoms with Crippen molar-refractivity contribution in [3.05, 3.63) is 0 Å². The standard InChI is InChI=1S/C12H25F3N4O.HI/c1-16-11(18-7-5-12(13,14)15)17-6-4-8-19(2)9-10-20-3;/h4-10H2,1-3H3,(H2,16,17,18);1H. The third kappa shape index (κ3) is 15.9. The van der Waals surface area contributed by atoms with Crippen LogP contribution in [0.15, 0.2) is 4.99 Å². The Bertz CT molecular complexity index is 278. The minimum absolute atomic E-state index is 0. The zero-order valence-electron chi connectivity index (χ0n) is 12.8. The Morgan fingerprint density at radius 1 is 1.19 bits per heavy atom. The van der Waals surface area contributed by atoms with Gasteiger partial charge in [0.2, 0.25) is 0 Å². The van der Waals surface area contributed by atoms with Crippen molar-refractivity contribution >= 4 is 29.9 Å². The van der Waals surface area contributed by atoms with Crippen molar-refractivity contribution in [2.75, 3.05) is 54.0 Å². The van der Waals surface area contributed by atoms with Gasteiger partial charge in [-0.15, -0.1) is 24.0 Å². The number of hydrogen-bond acceptors (Lipinski definition) is 3. The molecule has 0 aliphatic heterocycles. The van der Waals surface area contributed by atoms with Gasteiger partial charge >= 0.3 is 6.18 Å². The number of methoxy groups -OCH3 is 1. The second-order valence-electron chi connectivity index (χ2n) is 4.44. The molecule has 0 atom stereocenters. The number of hydrogen-bond donors (Lipinski definition) is 2. The van der Waals surface area contributed by atoms with Gasteiger partial charge in [0.15, 0.2) is 5.96 Å². The molecule has 0 saturated carbocycles. The molecule has 0 rings (SSSR count). The molecule has 0 aromatic carbocycles. The van der Waals surface area contributed by atoms with Crippen LogP contribution in [0.25, 0.3) is 0 Å². The van der Waals surface area contributed by atoms with Crippen molar-refractivity contribution in [1.82, 2.24) is 15.5 Å². The number of halogens is 4. The smallest absolute Gasteiger partial charge is 0.383 e. The van der Waals surface area contributed by atoms with Gasteiger partial charge in [-0.2, -0.15) is 13.2 Å². The van der Waals surface area contributed by atoms with Crippen molar-refractivity contribution in [3.63, 3.8) is 0 Å². The van der Waals surface area contributed by atoms with E-state index in [0.29, 0.717) is 19.1 Å². The molecule has 0 amide bonds. The summed E-state index contributed by atoms with van der Waals surface area (Å²) >= 11 is 0. The monoisotopic (exact) mass is 426 g/mol. The highest BCUT2D eigenvalue weighted by Gasteiger charge is 2.26. The molecule has 2 N–H and O–H groups in total. The SMILES string of the molecule is CN=C(NCCCN(C)CCOC)NCCC(F)(F)F.I. The fourth-order valence-corrected chi connectivity index (χ4v) is 1.46. The molecule has 0 saturated heterocycles. The molecule has 128 valence electrons. The molecule has 0 aromatic rings. The first-order valence-corrected chi connectivity index (χ1v) is 6.58. The molecular formula is C12H26F3IN4O. The van der Waals surface area contributed by atoms with E-state index in [-0.39, 0.29) is 30.5 Å². The molecule has 0 unspecified atom stereocenters. The van der Waals surface area contributed by atoms with Gasteiger partial charge in [0, 0.05) is 33.8 Å². The van der Waals surface area contributed by atoms with E-state index in [1.54, 1.807) is 7.11 Å². The number of likely N-dealkylation sites (N-methyl/N-ethyl adjacent to an activating group) is 1. The van der Waals surface area contributed by atoms with E-state index in [9.17, 15) is 13.2 Å². The second-order valence-corrected chi connectivity index (χ2v) is 4.44. The van der Waals surface area contributed by atoms with Crippen LogP contribution in [0.1, 0.15) is 12.8 Å². The maximum absolute atomic E-state index is 12.0. The molecule has 0 aliphatic rings. The number of rotatable bonds is 9. The Labute approximate surface area is 141 Å². The van der Waals surface area contributed by atoms with Crippen molar-refractivity contribution in [1.29, 1.82) is 0 Å². The van der Waals surface area contributed by atoms with Crippen LogP contribution in [-0.2, 0) is 4.74 Å². The van der Waals surface area contributed by atoms with Crippen LogP contribution in [0.5, 0.6) is 0 Å². The van der Waals surface area contributed by atoms with E-state index in [0.717, 1.165) is 19.5 Å². The van der Waals surface area contributed by atoms with Crippen LogP contribution in [0.4, 0.5) is 13.2 Å². The van der Waals surface area contributed by atoms with E-state index in [2.05, 4.69) is 20.5 Å². The maximum Gasteiger partial charge on any atom is 0.390 e. The van der Waals surface area contributed by atoms with E-state index in [1.807, 2.05) is 7.05 Å². The summed E-state index contributed by atoms with van der Waals surface area (Å²) in [6.45, 7) is 2.91. The molecule has 0 fully saturated rings. The fourth-order valence-electron chi connectivity index (χ4n) is 1.46. The van der Waals surface area contributed by atoms with Crippen LogP contribution < -0.4 is 10.6 Å². The molecule has 0 bridgehead atoms. The average molecular weight is 426 g/mol. The number of nitrogens with zero attached hydrogens (tertiary/aromatic N) is 2. The molecule has 0 aliphatic carbocycles. The molecule has 0 spiro atoms. The lowest BCUT2D eigenvalue weighted by molar-refractivity contribution is -0.132. The third-order valence-electron chi connectivity index (χ3n) is 2.61. The minimum atomic E-state index is -4.14. The van der Waals surface area contributed by atoms with Crippen LogP contribution in [-0.4, -0.2) is 71.0 Å². The first-order valence-electron chi connectivity index (χ1n) is 6.58. The maximum atomic E-state index is 12.0. The van der Waals surface area contributed by atoms with Gasteiger partial charge in [-0.1, -0.05) is 0 Å². The summed E-state index contributed by atoms with van der Waals surface area (Å²) in [6.07, 6.45) is -4.14. The van der Waals surface area contributed by atoms with Gasteiger partial charge in [-0.3, -0.25) is 4.99 Å². The Morgan fingerprint density at radius 2 is 1.81 bits per heavy atom. The van der Waals surface area contributed by atoms with E-state index in [1.165, 1.54) is 7.05 Å². The first-order chi connectivity index (χ1) is 9.39. The lowest BCUT2D eigenvalue weighted by Gasteiger charge is -2.17. The summed E-state index contributed by atoms with van der Waals surface area (Å²) in [5.74, 6) is 0.397. The highest BCUT2D eigenvalue weighted by atomic mass is 127. The predicted octanol–water partition coefficient (Wildman–Crippen LogP) is 1.69. The largest absolute Gasteiger partial charge is 0.390 e. The molecule has 5 nitrogen and oxygen atoms in total. The Morgan fingerprint density at radius 3 is 2.33 bits per heavy atom. The molecule has 0 radical (unpaired) electrons. The summed E-state index contributed by atoms with van der Waals surface area (Å²) in [6, 6.07) is 0. The Kier molecular flexibility index (Phi) is 14.6. The Balaban J connectivity index is 0. The summed E-state index contributed by atoms with van der Waals surface area (Å²) < 4.78 is 40.9. The van der Waals surface area contributed by atoms with Crippen molar-refractivity contribution in [2.24, 2.45) is 4.99 Å². The highest BCUT2D eigenvalue weighted by Crippen LogP contribution is 2.17. The van der Waals surface area contributed by atoms with Gasteiger partial charge in [0.05, 0.1) is 13.0 Å². The van der Waals surface area contributed by atoms with Crippen LogP contribution in [0.2, 0.25) is 0 Å². The van der Waals surface area contributed by atoms with Crippen LogP contribution in [0.3, 0.4) is 0 Å². The van der Waals surface area contributed by atoms with Crippen molar-refractivity contribution in [2.45, 2.75) is 19.0 Å². The molecule has 0 heterocycles. The average Bonchev–Trinajstić information content (AvgIpc) is 2.37. The zero-order chi connectivity index (χ0) is 15.4. The van der Waals surface area contributed by atoms with Gasteiger partial charge in [-0.05, 0) is 20.0 Å². The molecule has 0 aromatic heterocycles. The van der Waals surface area contributed by atoms with Gasteiger partial charge in [-0.25, -0.2) is 0 Å². The second kappa shape index (κ2) is 13.4. The van der Waals surface area contributed by atoms with Gasteiger partial charge < -0.3 is 20.3 Å². The van der Waals surface area contributed by atoms with Crippen molar-refractivity contribution < 1.29 is 17.9 Å². The minimum Gasteiger partial charge on any atom is -0.383 e. The molecular weight excluding hydrogens is 400 g/mol. The van der Waals surface area contributed by atoms with Crippen LogP contribution >= 0.6 is 24.0 Å². The molecule has 21 heavy (non-hydrogen) atoms. The number of aliphatic imine (C=N–C) groups is 1. The number of alkyl halides is 3. The first kappa shape index (κ1) is 23.0. The Hall–Kier alpha value is -0.290. The lowest BCUT2D eigenvalue weighted by atomic mass is 10.4. The quantitative estimate of drug-likeness (QED) is 0.255.